The highest BCUT2D eigenvalue weighted by atomic mass is 16.5. The molecule has 2 unspecified atom stereocenters. The number of methoxy groups -OCH3 is 2. The van der Waals surface area contributed by atoms with Crippen molar-refractivity contribution in [1.82, 2.24) is 5.32 Å². The highest BCUT2D eigenvalue weighted by Gasteiger charge is 2.24. The molecule has 21 heavy (non-hydrogen) atoms. The van der Waals surface area contributed by atoms with Gasteiger partial charge in [0.05, 0.1) is 26.4 Å². The van der Waals surface area contributed by atoms with Crippen molar-refractivity contribution < 1.29 is 19.4 Å². The van der Waals surface area contributed by atoms with Crippen LogP contribution >= 0.6 is 0 Å². The van der Waals surface area contributed by atoms with Gasteiger partial charge in [-0.15, -0.1) is 0 Å². The standard InChI is InChI=1S/C16H23NO4/c1-20-14-9-8-11(10-15(14)21-2)16(19)17-12-6-4-3-5-7-13(12)18/h8-10,12-13,18H,3-7H2,1-2H3,(H,17,19). The molecule has 0 saturated heterocycles. The highest BCUT2D eigenvalue weighted by Crippen LogP contribution is 2.27. The minimum absolute atomic E-state index is 0.173. The molecule has 116 valence electrons. The van der Waals surface area contributed by atoms with E-state index in [1.807, 2.05) is 0 Å². The molecule has 1 saturated carbocycles. The van der Waals surface area contributed by atoms with Crippen molar-refractivity contribution in [1.29, 1.82) is 0 Å². The van der Waals surface area contributed by atoms with Gasteiger partial charge in [-0.3, -0.25) is 4.79 Å². The number of carbonyl (C=O) groups excluding carboxylic acids is 1. The SMILES string of the molecule is COc1ccc(C(=O)NC2CCCCCC2O)cc1OC. The number of carbonyl (C=O) groups is 1. The number of nitrogens with one attached hydrogen (secondary N) is 1. The molecule has 2 N–H and O–H groups in total. The van der Waals surface area contributed by atoms with Gasteiger partial charge < -0.3 is 19.9 Å². The Labute approximate surface area is 125 Å². The first-order valence-electron chi connectivity index (χ1n) is 7.36. The molecule has 1 fully saturated rings. The minimum Gasteiger partial charge on any atom is -0.493 e. The Morgan fingerprint density at radius 2 is 1.86 bits per heavy atom. The summed E-state index contributed by atoms with van der Waals surface area (Å²) in [6, 6.07) is 4.88. The summed E-state index contributed by atoms with van der Waals surface area (Å²) in [4.78, 5) is 12.3. The van der Waals surface area contributed by atoms with Crippen molar-refractivity contribution in [3.63, 3.8) is 0 Å². The Morgan fingerprint density at radius 1 is 1.14 bits per heavy atom. The van der Waals surface area contributed by atoms with E-state index in [0.29, 0.717) is 17.1 Å². The lowest BCUT2D eigenvalue weighted by molar-refractivity contribution is 0.0818. The quantitative estimate of drug-likeness (QED) is 0.835. The van der Waals surface area contributed by atoms with Crippen LogP contribution in [0.5, 0.6) is 11.5 Å². The Kier molecular flexibility index (Phi) is 5.44. The van der Waals surface area contributed by atoms with Gasteiger partial charge in [0.25, 0.3) is 5.91 Å². The molecule has 1 aliphatic carbocycles. The topological polar surface area (TPSA) is 67.8 Å². The van der Waals surface area contributed by atoms with Crippen LogP contribution < -0.4 is 14.8 Å². The lowest BCUT2D eigenvalue weighted by atomic mass is 10.1. The van der Waals surface area contributed by atoms with Crippen LogP contribution in [0.1, 0.15) is 42.5 Å². The third-order valence-corrected chi connectivity index (χ3v) is 3.94. The Balaban J connectivity index is 2.08. The zero-order valence-corrected chi connectivity index (χ0v) is 12.6. The molecule has 2 rings (SSSR count). The molecule has 0 aliphatic heterocycles. The van der Waals surface area contributed by atoms with E-state index in [4.69, 9.17) is 9.47 Å². The lowest BCUT2D eigenvalue weighted by Gasteiger charge is -2.22. The molecule has 0 bridgehead atoms. The van der Waals surface area contributed by atoms with Crippen LogP contribution in [-0.4, -0.2) is 37.4 Å². The predicted octanol–water partition coefficient (Wildman–Crippen LogP) is 2.13. The second-order valence-corrected chi connectivity index (χ2v) is 5.36. The Hall–Kier alpha value is -1.75. The monoisotopic (exact) mass is 293 g/mol. The first-order valence-corrected chi connectivity index (χ1v) is 7.36. The molecule has 0 aromatic heterocycles. The summed E-state index contributed by atoms with van der Waals surface area (Å²) in [5.41, 5.74) is 0.504. The van der Waals surface area contributed by atoms with Crippen LogP contribution in [0.15, 0.2) is 18.2 Å². The third kappa shape index (κ3) is 3.88. The van der Waals surface area contributed by atoms with E-state index >= 15 is 0 Å². The number of aliphatic hydroxyl groups is 1. The van der Waals surface area contributed by atoms with E-state index in [-0.39, 0.29) is 11.9 Å². The second kappa shape index (κ2) is 7.31. The zero-order chi connectivity index (χ0) is 15.2. The van der Waals surface area contributed by atoms with Gasteiger partial charge >= 0.3 is 0 Å². The molecular formula is C16H23NO4. The predicted molar refractivity (Wildman–Crippen MR) is 79.9 cm³/mol. The molecule has 1 aromatic rings. The molecule has 0 heterocycles. The molecular weight excluding hydrogens is 270 g/mol. The Morgan fingerprint density at radius 3 is 2.57 bits per heavy atom. The molecule has 2 atom stereocenters. The average Bonchev–Trinajstić information content (AvgIpc) is 2.71. The van der Waals surface area contributed by atoms with Gasteiger partial charge in [0.2, 0.25) is 0 Å². The number of aliphatic hydroxyl groups excluding tert-OH is 1. The van der Waals surface area contributed by atoms with Crippen LogP contribution in [0.25, 0.3) is 0 Å². The summed E-state index contributed by atoms with van der Waals surface area (Å²) >= 11 is 0. The van der Waals surface area contributed by atoms with Gasteiger partial charge in [0, 0.05) is 5.56 Å². The molecule has 0 spiro atoms. The van der Waals surface area contributed by atoms with Crippen LogP contribution in [0.2, 0.25) is 0 Å². The van der Waals surface area contributed by atoms with Crippen molar-refractivity contribution in [2.75, 3.05) is 14.2 Å². The smallest absolute Gasteiger partial charge is 0.251 e. The van der Waals surface area contributed by atoms with Gasteiger partial charge in [-0.1, -0.05) is 19.3 Å². The largest absolute Gasteiger partial charge is 0.493 e. The molecule has 5 heteroatoms. The number of amides is 1. The van der Waals surface area contributed by atoms with E-state index in [2.05, 4.69) is 5.32 Å². The van der Waals surface area contributed by atoms with Crippen LogP contribution in [0.3, 0.4) is 0 Å². The first-order chi connectivity index (χ1) is 10.2. The number of hydrogen-bond acceptors (Lipinski definition) is 4. The summed E-state index contributed by atoms with van der Waals surface area (Å²) in [7, 11) is 3.09. The summed E-state index contributed by atoms with van der Waals surface area (Å²) in [6.07, 6.45) is 4.27. The summed E-state index contributed by atoms with van der Waals surface area (Å²) < 4.78 is 10.4. The number of benzene rings is 1. The van der Waals surface area contributed by atoms with Crippen LogP contribution in [-0.2, 0) is 0 Å². The molecule has 1 aliphatic rings. The normalized spacial score (nSPS) is 22.2. The zero-order valence-electron chi connectivity index (χ0n) is 12.6. The van der Waals surface area contributed by atoms with E-state index in [1.165, 1.54) is 7.11 Å². The Bertz CT molecular complexity index is 489. The van der Waals surface area contributed by atoms with E-state index in [0.717, 1.165) is 32.1 Å². The van der Waals surface area contributed by atoms with Crippen LogP contribution in [0, 0.1) is 0 Å². The van der Waals surface area contributed by atoms with E-state index in [9.17, 15) is 9.90 Å². The summed E-state index contributed by atoms with van der Waals surface area (Å²) in [5, 5.41) is 13.0. The van der Waals surface area contributed by atoms with Gasteiger partial charge in [0.15, 0.2) is 11.5 Å². The fourth-order valence-electron chi connectivity index (χ4n) is 2.69. The van der Waals surface area contributed by atoms with Crippen molar-refractivity contribution >= 4 is 5.91 Å². The number of ether oxygens (including phenoxy) is 2. The van der Waals surface area contributed by atoms with Crippen molar-refractivity contribution in [2.45, 2.75) is 44.2 Å². The van der Waals surface area contributed by atoms with Gasteiger partial charge in [-0.2, -0.15) is 0 Å². The first kappa shape index (κ1) is 15.6. The second-order valence-electron chi connectivity index (χ2n) is 5.36. The maximum absolute atomic E-state index is 12.3. The number of rotatable bonds is 4. The van der Waals surface area contributed by atoms with Crippen LogP contribution in [0.4, 0.5) is 0 Å². The molecule has 0 radical (unpaired) electrons. The van der Waals surface area contributed by atoms with Crippen molar-refractivity contribution in [3.05, 3.63) is 23.8 Å². The third-order valence-electron chi connectivity index (χ3n) is 3.94. The maximum atomic E-state index is 12.3. The summed E-state index contributed by atoms with van der Waals surface area (Å²) in [6.45, 7) is 0. The highest BCUT2D eigenvalue weighted by molar-refractivity contribution is 5.95. The molecule has 1 amide bonds. The van der Waals surface area contributed by atoms with E-state index < -0.39 is 6.10 Å². The summed E-state index contributed by atoms with van der Waals surface area (Å²) in [5.74, 6) is 0.914. The van der Waals surface area contributed by atoms with Gasteiger partial charge in [-0.25, -0.2) is 0 Å². The fraction of sp³-hybridized carbons (Fsp3) is 0.562. The molecule has 1 aromatic carbocycles. The van der Waals surface area contributed by atoms with Crippen molar-refractivity contribution in [2.24, 2.45) is 0 Å². The lowest BCUT2D eigenvalue weighted by Crippen LogP contribution is -2.42. The fourth-order valence-corrected chi connectivity index (χ4v) is 2.69. The number of hydrogen-bond donors (Lipinski definition) is 2. The minimum atomic E-state index is -0.461. The van der Waals surface area contributed by atoms with Gasteiger partial charge in [0.1, 0.15) is 0 Å². The maximum Gasteiger partial charge on any atom is 0.251 e. The molecule has 5 nitrogen and oxygen atoms in total. The van der Waals surface area contributed by atoms with Gasteiger partial charge in [-0.05, 0) is 31.0 Å². The van der Waals surface area contributed by atoms with Crippen molar-refractivity contribution in [3.8, 4) is 11.5 Å². The van der Waals surface area contributed by atoms with E-state index in [1.54, 1.807) is 25.3 Å². The average molecular weight is 293 g/mol.